The minimum absolute atomic E-state index is 0.165. The van der Waals surface area contributed by atoms with Gasteiger partial charge in [-0.05, 0) is 18.6 Å². The van der Waals surface area contributed by atoms with E-state index in [9.17, 15) is 28.1 Å². The summed E-state index contributed by atoms with van der Waals surface area (Å²) in [5.41, 5.74) is -0.897. The van der Waals surface area contributed by atoms with Gasteiger partial charge in [0.15, 0.2) is 5.69 Å². The first-order chi connectivity index (χ1) is 11.3. The highest BCUT2D eigenvalue weighted by Gasteiger charge is 2.38. The molecule has 1 atom stereocenters. The zero-order chi connectivity index (χ0) is 17.5. The van der Waals surface area contributed by atoms with Crippen LogP contribution in [0.25, 0.3) is 0 Å². The van der Waals surface area contributed by atoms with E-state index >= 15 is 0 Å². The highest BCUT2D eigenvalue weighted by molar-refractivity contribution is 5.98. The molecule has 1 fully saturated rings. The number of nitro groups is 1. The third-order valence-electron chi connectivity index (χ3n) is 3.75. The van der Waals surface area contributed by atoms with Gasteiger partial charge in [0.1, 0.15) is 6.04 Å². The van der Waals surface area contributed by atoms with E-state index in [-0.39, 0.29) is 18.7 Å². The molecule has 10 heteroatoms. The molecule has 1 saturated heterocycles. The van der Waals surface area contributed by atoms with Crippen molar-refractivity contribution in [2.45, 2.75) is 18.6 Å². The van der Waals surface area contributed by atoms with Gasteiger partial charge in [-0.1, -0.05) is 6.07 Å². The van der Waals surface area contributed by atoms with Crippen LogP contribution in [0.5, 0.6) is 0 Å². The summed E-state index contributed by atoms with van der Waals surface area (Å²) in [5, 5.41) is 14.2. The Balaban J connectivity index is 1.84. The summed E-state index contributed by atoms with van der Waals surface area (Å²) in [7, 11) is 0. The van der Waals surface area contributed by atoms with Crippen LogP contribution < -0.4 is 4.90 Å². The summed E-state index contributed by atoms with van der Waals surface area (Å²) in [6.45, 7) is 0.242. The van der Waals surface area contributed by atoms with Crippen LogP contribution in [0.4, 0.5) is 24.5 Å². The fourth-order valence-electron chi connectivity index (χ4n) is 2.60. The molecule has 0 bridgehead atoms. The van der Waals surface area contributed by atoms with Crippen molar-refractivity contribution < 1.29 is 22.9 Å². The molecule has 126 valence electrons. The molecule has 0 aliphatic carbocycles. The maximum Gasteiger partial charge on any atom is 0.435 e. The zero-order valence-electron chi connectivity index (χ0n) is 12.1. The van der Waals surface area contributed by atoms with Crippen molar-refractivity contribution in [3.05, 3.63) is 52.3 Å². The topological polar surface area (TPSA) is 81.3 Å². The smallest absolute Gasteiger partial charge is 0.310 e. The van der Waals surface area contributed by atoms with Gasteiger partial charge < -0.3 is 4.90 Å². The van der Waals surface area contributed by atoms with Crippen molar-refractivity contribution in [3.8, 4) is 0 Å². The first kappa shape index (κ1) is 16.0. The standard InChI is InChI=1S/C14H11F3N4O3/c15-14(16,17)12-5-7-20(18-12)11-4-6-19(13(11)22)9-2-1-3-10(8-9)21(23)24/h1-3,5,7-8,11H,4,6H2/t11-/m1/s1. The summed E-state index contributed by atoms with van der Waals surface area (Å²) in [6, 6.07) is 5.49. The minimum Gasteiger partial charge on any atom is -0.310 e. The quantitative estimate of drug-likeness (QED) is 0.635. The number of hydrogen-bond donors (Lipinski definition) is 0. The summed E-state index contributed by atoms with van der Waals surface area (Å²) in [4.78, 5) is 24.0. The maximum atomic E-state index is 12.6. The molecule has 1 aromatic carbocycles. The third-order valence-corrected chi connectivity index (χ3v) is 3.75. The number of benzene rings is 1. The predicted octanol–water partition coefficient (Wildman–Crippen LogP) is 2.79. The van der Waals surface area contributed by atoms with Crippen molar-refractivity contribution >= 4 is 17.3 Å². The van der Waals surface area contributed by atoms with Crippen LogP contribution in [-0.2, 0) is 11.0 Å². The molecule has 2 heterocycles. The maximum absolute atomic E-state index is 12.6. The summed E-state index contributed by atoms with van der Waals surface area (Å²) >= 11 is 0. The van der Waals surface area contributed by atoms with Crippen LogP contribution in [0.3, 0.4) is 0 Å². The second-order valence-electron chi connectivity index (χ2n) is 5.25. The number of aromatic nitrogens is 2. The molecule has 0 radical (unpaired) electrons. The van der Waals surface area contributed by atoms with E-state index in [4.69, 9.17) is 0 Å². The lowest BCUT2D eigenvalue weighted by Crippen LogP contribution is -2.28. The zero-order valence-corrected chi connectivity index (χ0v) is 12.1. The molecular weight excluding hydrogens is 329 g/mol. The largest absolute Gasteiger partial charge is 0.435 e. The Morgan fingerprint density at radius 3 is 2.67 bits per heavy atom. The Bertz CT molecular complexity index is 803. The molecule has 0 saturated carbocycles. The molecule has 1 aromatic heterocycles. The van der Waals surface area contributed by atoms with E-state index in [2.05, 4.69) is 5.10 Å². The number of non-ortho nitro benzene ring substituents is 1. The second kappa shape index (κ2) is 5.62. The van der Waals surface area contributed by atoms with E-state index in [0.717, 1.165) is 16.9 Å². The lowest BCUT2D eigenvalue weighted by Gasteiger charge is -2.16. The molecule has 24 heavy (non-hydrogen) atoms. The number of carbonyl (C=O) groups excluding carboxylic acids is 1. The third kappa shape index (κ3) is 2.82. The van der Waals surface area contributed by atoms with Gasteiger partial charge in [0.2, 0.25) is 0 Å². The lowest BCUT2D eigenvalue weighted by molar-refractivity contribution is -0.384. The van der Waals surface area contributed by atoms with Gasteiger partial charge in [0, 0.05) is 24.9 Å². The molecule has 7 nitrogen and oxygen atoms in total. The highest BCUT2D eigenvalue weighted by Crippen LogP contribution is 2.32. The lowest BCUT2D eigenvalue weighted by atomic mass is 10.2. The molecule has 1 aliphatic rings. The van der Waals surface area contributed by atoms with E-state index in [1.54, 1.807) is 0 Å². The van der Waals surface area contributed by atoms with Gasteiger partial charge >= 0.3 is 6.18 Å². The monoisotopic (exact) mass is 340 g/mol. The van der Waals surface area contributed by atoms with Gasteiger partial charge in [0.25, 0.3) is 11.6 Å². The van der Waals surface area contributed by atoms with Gasteiger partial charge in [-0.25, -0.2) is 0 Å². The molecule has 1 amide bonds. The van der Waals surface area contributed by atoms with E-state index < -0.39 is 28.7 Å². The van der Waals surface area contributed by atoms with Crippen LogP contribution in [0, 0.1) is 10.1 Å². The Morgan fingerprint density at radius 1 is 1.29 bits per heavy atom. The number of alkyl halides is 3. The first-order valence-corrected chi connectivity index (χ1v) is 6.95. The Labute approximate surface area is 133 Å². The normalized spacial score (nSPS) is 18.2. The van der Waals surface area contributed by atoms with Crippen molar-refractivity contribution in [2.75, 3.05) is 11.4 Å². The number of hydrogen-bond acceptors (Lipinski definition) is 4. The fraction of sp³-hybridized carbons (Fsp3) is 0.286. The number of carbonyl (C=O) groups is 1. The summed E-state index contributed by atoms with van der Waals surface area (Å²) < 4.78 is 38.8. The average Bonchev–Trinajstić information content (AvgIpc) is 3.13. The Hall–Kier alpha value is -2.91. The van der Waals surface area contributed by atoms with Crippen LogP contribution in [0.1, 0.15) is 18.2 Å². The molecule has 0 unspecified atom stereocenters. The van der Waals surface area contributed by atoms with Gasteiger partial charge in [-0.15, -0.1) is 0 Å². The highest BCUT2D eigenvalue weighted by atomic mass is 19.4. The van der Waals surface area contributed by atoms with Gasteiger partial charge in [-0.3, -0.25) is 19.6 Å². The predicted molar refractivity (Wildman–Crippen MR) is 76.3 cm³/mol. The number of anilines is 1. The van der Waals surface area contributed by atoms with Crippen LogP contribution in [0.2, 0.25) is 0 Å². The van der Waals surface area contributed by atoms with Crippen molar-refractivity contribution in [3.63, 3.8) is 0 Å². The molecular formula is C14H11F3N4O3. The van der Waals surface area contributed by atoms with Crippen LogP contribution in [0.15, 0.2) is 36.5 Å². The summed E-state index contributed by atoms with van der Waals surface area (Å²) in [5.74, 6) is -0.452. The SMILES string of the molecule is O=C1[C@H](n2ccc(C(F)(F)F)n2)CCN1c1cccc([N+](=O)[O-])c1. The van der Waals surface area contributed by atoms with Gasteiger partial charge in [0.05, 0.1) is 10.6 Å². The molecule has 0 N–H and O–H groups in total. The molecule has 3 rings (SSSR count). The number of nitrogens with zero attached hydrogens (tertiary/aromatic N) is 4. The average molecular weight is 340 g/mol. The van der Waals surface area contributed by atoms with E-state index in [1.165, 1.54) is 29.2 Å². The number of nitro benzene ring substituents is 1. The second-order valence-corrected chi connectivity index (χ2v) is 5.25. The number of amides is 1. The van der Waals surface area contributed by atoms with E-state index in [0.29, 0.717) is 5.69 Å². The Morgan fingerprint density at radius 2 is 2.04 bits per heavy atom. The van der Waals surface area contributed by atoms with Crippen LogP contribution >= 0.6 is 0 Å². The molecule has 1 aliphatic heterocycles. The van der Waals surface area contributed by atoms with Crippen molar-refractivity contribution in [1.82, 2.24) is 9.78 Å². The summed E-state index contributed by atoms with van der Waals surface area (Å²) in [6.07, 6.45) is -3.20. The van der Waals surface area contributed by atoms with Crippen LogP contribution in [-0.4, -0.2) is 27.2 Å². The molecule has 2 aromatic rings. The molecule has 0 spiro atoms. The van der Waals surface area contributed by atoms with Gasteiger partial charge in [-0.2, -0.15) is 18.3 Å². The van der Waals surface area contributed by atoms with Crippen molar-refractivity contribution in [2.24, 2.45) is 0 Å². The fourth-order valence-corrected chi connectivity index (χ4v) is 2.60. The van der Waals surface area contributed by atoms with Crippen molar-refractivity contribution in [1.29, 1.82) is 0 Å². The first-order valence-electron chi connectivity index (χ1n) is 6.95. The number of halogens is 3. The minimum atomic E-state index is -4.58. The number of rotatable bonds is 3. The van der Waals surface area contributed by atoms with E-state index in [1.807, 2.05) is 0 Å². The Kier molecular flexibility index (Phi) is 3.74.